The van der Waals surface area contributed by atoms with Gasteiger partial charge >= 0.3 is 5.97 Å². The van der Waals surface area contributed by atoms with E-state index >= 15 is 0 Å². The van der Waals surface area contributed by atoms with E-state index in [4.69, 9.17) is 14.2 Å². The normalized spacial score (nSPS) is 10.6. The molecule has 0 aliphatic carbocycles. The average Bonchev–Trinajstić information content (AvgIpc) is 3.00. The second kappa shape index (κ2) is 14.7. The minimum absolute atomic E-state index is 0.0155. The van der Waals surface area contributed by atoms with E-state index in [0.29, 0.717) is 25.3 Å². The molecule has 0 bridgehead atoms. The summed E-state index contributed by atoms with van der Waals surface area (Å²) in [4.78, 5) is 22.9. The number of aryl methyl sites for hydroxylation is 1. The zero-order chi connectivity index (χ0) is 29.0. The van der Waals surface area contributed by atoms with Crippen LogP contribution in [0.3, 0.4) is 0 Å². The molecule has 4 aromatic carbocycles. The summed E-state index contributed by atoms with van der Waals surface area (Å²) < 4.78 is 17.3. The highest BCUT2D eigenvalue weighted by Crippen LogP contribution is 2.30. The fraction of sp³-hybridized carbons (Fsp3) is 0.257. The van der Waals surface area contributed by atoms with Gasteiger partial charge in [0.2, 0.25) is 5.91 Å². The lowest BCUT2D eigenvalue weighted by Gasteiger charge is -2.16. The third kappa shape index (κ3) is 8.45. The van der Waals surface area contributed by atoms with Gasteiger partial charge in [0.05, 0.1) is 12.7 Å². The van der Waals surface area contributed by atoms with E-state index in [0.717, 1.165) is 47.5 Å². The first-order valence-corrected chi connectivity index (χ1v) is 13.9. The highest BCUT2D eigenvalue weighted by Gasteiger charge is 2.11. The first-order valence-electron chi connectivity index (χ1n) is 13.9. The zero-order valence-electron chi connectivity index (χ0n) is 23.9. The van der Waals surface area contributed by atoms with Crippen LogP contribution in [0, 0.1) is 6.92 Å². The molecule has 212 valence electrons. The number of esters is 1. The van der Waals surface area contributed by atoms with E-state index in [9.17, 15) is 9.59 Å². The summed E-state index contributed by atoms with van der Waals surface area (Å²) in [7, 11) is 1.37. The van der Waals surface area contributed by atoms with Crippen molar-refractivity contribution in [2.45, 2.75) is 46.3 Å². The molecule has 6 nitrogen and oxygen atoms in total. The van der Waals surface area contributed by atoms with Crippen molar-refractivity contribution in [3.8, 4) is 22.6 Å². The summed E-state index contributed by atoms with van der Waals surface area (Å²) >= 11 is 0. The van der Waals surface area contributed by atoms with Gasteiger partial charge in [0.1, 0.15) is 24.7 Å². The van der Waals surface area contributed by atoms with Gasteiger partial charge in [0.25, 0.3) is 0 Å². The second-order valence-corrected chi connectivity index (χ2v) is 9.93. The number of nitrogens with one attached hydrogen (secondary N) is 1. The summed E-state index contributed by atoms with van der Waals surface area (Å²) in [6.07, 6.45) is 2.61. The summed E-state index contributed by atoms with van der Waals surface area (Å²) in [5.74, 6) is 1.10. The van der Waals surface area contributed by atoms with E-state index in [1.165, 1.54) is 30.7 Å². The third-order valence-corrected chi connectivity index (χ3v) is 6.98. The lowest BCUT2D eigenvalue weighted by atomic mass is 9.97. The van der Waals surface area contributed by atoms with Gasteiger partial charge in [-0.1, -0.05) is 66.7 Å². The molecule has 0 unspecified atom stereocenters. The fourth-order valence-electron chi connectivity index (χ4n) is 4.62. The monoisotopic (exact) mass is 551 g/mol. The number of unbranched alkanes of at least 4 members (excludes halogenated alkanes) is 1. The zero-order valence-corrected chi connectivity index (χ0v) is 23.9. The Kier molecular flexibility index (Phi) is 10.5. The molecule has 0 aromatic heterocycles. The van der Waals surface area contributed by atoms with Gasteiger partial charge in [-0.15, -0.1) is 0 Å². The van der Waals surface area contributed by atoms with Gasteiger partial charge in [-0.25, -0.2) is 4.79 Å². The Morgan fingerprint density at radius 3 is 2.29 bits per heavy atom. The SMILES string of the molecule is COC(=O)c1ccc(COc2cc(OCc3cccc(-c4ccccc4)c3C)ccc2CCCCNC(C)=O)cc1. The molecule has 0 saturated heterocycles. The number of amides is 1. The maximum absolute atomic E-state index is 11.8. The fourth-order valence-corrected chi connectivity index (χ4v) is 4.62. The van der Waals surface area contributed by atoms with Crippen molar-refractivity contribution in [2.24, 2.45) is 0 Å². The Bertz CT molecular complexity index is 1450. The first kappa shape index (κ1) is 29.4. The number of ether oxygens (including phenoxy) is 3. The molecule has 1 N–H and O–H groups in total. The van der Waals surface area contributed by atoms with E-state index in [1.54, 1.807) is 12.1 Å². The summed E-state index contributed by atoms with van der Waals surface area (Å²) in [6, 6.07) is 29.8. The van der Waals surface area contributed by atoms with Crippen LogP contribution in [0.4, 0.5) is 0 Å². The second-order valence-electron chi connectivity index (χ2n) is 9.93. The van der Waals surface area contributed by atoms with Gasteiger partial charge in [0, 0.05) is 19.5 Å². The smallest absolute Gasteiger partial charge is 0.337 e. The van der Waals surface area contributed by atoms with E-state index in [1.807, 2.05) is 42.5 Å². The molecule has 1 amide bonds. The number of rotatable bonds is 13. The van der Waals surface area contributed by atoms with Crippen LogP contribution < -0.4 is 14.8 Å². The maximum atomic E-state index is 11.8. The Hall–Kier alpha value is -4.58. The van der Waals surface area contributed by atoms with Crippen LogP contribution in [-0.4, -0.2) is 25.5 Å². The summed E-state index contributed by atoms with van der Waals surface area (Å²) in [5.41, 5.74) is 7.22. The van der Waals surface area contributed by atoms with Crippen molar-refractivity contribution in [3.63, 3.8) is 0 Å². The van der Waals surface area contributed by atoms with Crippen LogP contribution in [0.1, 0.15) is 52.4 Å². The Balaban J connectivity index is 1.47. The molecule has 0 heterocycles. The van der Waals surface area contributed by atoms with Gasteiger partial charge in [-0.3, -0.25) is 4.79 Å². The molecule has 0 fully saturated rings. The quantitative estimate of drug-likeness (QED) is 0.142. The standard InChI is InChI=1S/C35H37NO5/c1-25-31(13-9-14-33(25)28-10-5-4-6-11-28)24-40-32-20-19-29(12-7-8-21-36-26(2)37)34(22-32)41-23-27-15-17-30(18-16-27)35(38)39-3/h4-6,9-11,13-20,22H,7-8,12,21,23-24H2,1-3H3,(H,36,37). The molecule has 0 atom stereocenters. The van der Waals surface area contributed by atoms with Crippen LogP contribution in [0.5, 0.6) is 11.5 Å². The van der Waals surface area contributed by atoms with Crippen molar-refractivity contribution in [1.29, 1.82) is 0 Å². The van der Waals surface area contributed by atoms with Crippen LogP contribution in [0.15, 0.2) is 91.0 Å². The molecule has 4 aromatic rings. The predicted octanol–water partition coefficient (Wildman–Crippen LogP) is 7.07. The van der Waals surface area contributed by atoms with Crippen molar-refractivity contribution in [3.05, 3.63) is 119 Å². The minimum Gasteiger partial charge on any atom is -0.489 e. The molecule has 41 heavy (non-hydrogen) atoms. The average molecular weight is 552 g/mol. The molecule has 4 rings (SSSR count). The van der Waals surface area contributed by atoms with Gasteiger partial charge in [-0.2, -0.15) is 0 Å². The minimum atomic E-state index is -0.367. The molecule has 0 spiro atoms. The Labute approximate surface area is 242 Å². The lowest BCUT2D eigenvalue weighted by Crippen LogP contribution is -2.20. The van der Waals surface area contributed by atoms with Gasteiger partial charge in [-0.05, 0) is 77.8 Å². The molecule has 0 saturated carbocycles. The third-order valence-electron chi connectivity index (χ3n) is 6.98. The van der Waals surface area contributed by atoms with Crippen LogP contribution in [0.2, 0.25) is 0 Å². The highest BCUT2D eigenvalue weighted by atomic mass is 16.5. The van der Waals surface area contributed by atoms with Crippen molar-refractivity contribution < 1.29 is 23.8 Å². The van der Waals surface area contributed by atoms with Crippen molar-refractivity contribution >= 4 is 11.9 Å². The number of carbonyl (C=O) groups is 2. The van der Waals surface area contributed by atoms with Crippen LogP contribution in [-0.2, 0) is 29.2 Å². The number of carbonyl (C=O) groups excluding carboxylic acids is 2. The Morgan fingerprint density at radius 2 is 1.56 bits per heavy atom. The molecule has 0 aliphatic heterocycles. The number of benzene rings is 4. The van der Waals surface area contributed by atoms with Gasteiger partial charge in [0.15, 0.2) is 0 Å². The van der Waals surface area contributed by atoms with Gasteiger partial charge < -0.3 is 19.5 Å². The molecule has 0 aliphatic rings. The van der Waals surface area contributed by atoms with Crippen molar-refractivity contribution in [1.82, 2.24) is 5.32 Å². The molecular formula is C35H37NO5. The van der Waals surface area contributed by atoms with E-state index < -0.39 is 0 Å². The van der Waals surface area contributed by atoms with E-state index in [-0.39, 0.29) is 11.9 Å². The van der Waals surface area contributed by atoms with Crippen molar-refractivity contribution in [2.75, 3.05) is 13.7 Å². The largest absolute Gasteiger partial charge is 0.489 e. The number of hydrogen-bond acceptors (Lipinski definition) is 5. The lowest BCUT2D eigenvalue weighted by molar-refractivity contribution is -0.118. The summed E-state index contributed by atoms with van der Waals surface area (Å²) in [5, 5.41) is 2.85. The predicted molar refractivity (Wildman–Crippen MR) is 161 cm³/mol. The van der Waals surface area contributed by atoms with Crippen LogP contribution in [0.25, 0.3) is 11.1 Å². The number of methoxy groups -OCH3 is 1. The van der Waals surface area contributed by atoms with E-state index in [2.05, 4.69) is 48.6 Å². The molecule has 0 radical (unpaired) electrons. The van der Waals surface area contributed by atoms with Crippen LogP contribution >= 0.6 is 0 Å². The summed E-state index contributed by atoms with van der Waals surface area (Å²) in [6.45, 7) is 5.10. The Morgan fingerprint density at radius 1 is 0.780 bits per heavy atom. The first-order chi connectivity index (χ1) is 19.9. The topological polar surface area (TPSA) is 73.9 Å². The highest BCUT2D eigenvalue weighted by molar-refractivity contribution is 5.89. The molecule has 6 heteroatoms. The molecular weight excluding hydrogens is 514 g/mol. The number of hydrogen-bond donors (Lipinski definition) is 1. The maximum Gasteiger partial charge on any atom is 0.337 e.